The smallest absolute Gasteiger partial charge is 0.303 e. The van der Waals surface area contributed by atoms with Gasteiger partial charge in [-0.3, -0.25) is 4.79 Å². The van der Waals surface area contributed by atoms with Crippen LogP contribution >= 0.6 is 11.8 Å². The quantitative estimate of drug-likeness (QED) is 0.774. The van der Waals surface area contributed by atoms with Crippen molar-refractivity contribution in [2.45, 2.75) is 49.7 Å². The van der Waals surface area contributed by atoms with Gasteiger partial charge in [0.2, 0.25) is 0 Å². The molecule has 2 rings (SSSR count). The predicted molar refractivity (Wildman–Crippen MR) is 93.1 cm³/mol. The standard InChI is InChI=1S/C18H27NO2S/c1-5-14(2)22-18(16-9-7-6-8-10-16)11-12-19(4)13-17(18)21-15(3)20/h6-10,14,17H,5,11-13H2,1-4H3. The molecule has 0 aromatic heterocycles. The van der Waals surface area contributed by atoms with Crippen LogP contribution in [0.2, 0.25) is 0 Å². The summed E-state index contributed by atoms with van der Waals surface area (Å²) in [6.45, 7) is 7.80. The van der Waals surface area contributed by atoms with E-state index in [2.05, 4.69) is 50.1 Å². The van der Waals surface area contributed by atoms with E-state index in [4.69, 9.17) is 4.74 Å². The fourth-order valence-corrected chi connectivity index (χ4v) is 4.71. The van der Waals surface area contributed by atoms with Crippen molar-refractivity contribution in [2.24, 2.45) is 0 Å². The first-order valence-electron chi connectivity index (χ1n) is 8.07. The van der Waals surface area contributed by atoms with Crippen LogP contribution < -0.4 is 0 Å². The van der Waals surface area contributed by atoms with Gasteiger partial charge in [-0.05, 0) is 32.0 Å². The van der Waals surface area contributed by atoms with Crippen LogP contribution in [-0.2, 0) is 14.3 Å². The Morgan fingerprint density at radius 1 is 1.45 bits per heavy atom. The number of esters is 1. The van der Waals surface area contributed by atoms with Crippen LogP contribution in [-0.4, -0.2) is 42.4 Å². The Labute approximate surface area is 138 Å². The summed E-state index contributed by atoms with van der Waals surface area (Å²) >= 11 is 1.97. The van der Waals surface area contributed by atoms with E-state index in [0.717, 1.165) is 25.9 Å². The van der Waals surface area contributed by atoms with Crippen LogP contribution in [0, 0.1) is 0 Å². The summed E-state index contributed by atoms with van der Waals surface area (Å²) in [4.78, 5) is 13.9. The summed E-state index contributed by atoms with van der Waals surface area (Å²) in [5, 5.41) is 0.529. The van der Waals surface area contributed by atoms with E-state index in [9.17, 15) is 4.79 Å². The lowest BCUT2D eigenvalue weighted by Gasteiger charge is -2.47. The number of benzene rings is 1. The van der Waals surface area contributed by atoms with E-state index < -0.39 is 0 Å². The second-order valence-corrected chi connectivity index (χ2v) is 7.97. The Morgan fingerprint density at radius 3 is 2.73 bits per heavy atom. The number of piperidine rings is 1. The first-order valence-corrected chi connectivity index (χ1v) is 8.95. The van der Waals surface area contributed by atoms with Gasteiger partial charge in [-0.15, -0.1) is 11.8 Å². The summed E-state index contributed by atoms with van der Waals surface area (Å²) in [6, 6.07) is 10.6. The zero-order chi connectivity index (χ0) is 16.2. The number of nitrogens with zero attached hydrogens (tertiary/aromatic N) is 1. The Kier molecular flexibility index (Phi) is 5.93. The van der Waals surface area contributed by atoms with Gasteiger partial charge in [-0.25, -0.2) is 0 Å². The predicted octanol–water partition coefficient (Wildman–Crippen LogP) is 3.68. The minimum atomic E-state index is -0.189. The van der Waals surface area contributed by atoms with E-state index in [1.54, 1.807) is 0 Å². The van der Waals surface area contributed by atoms with Gasteiger partial charge in [0.05, 0.1) is 4.75 Å². The number of rotatable bonds is 5. The first-order chi connectivity index (χ1) is 10.5. The van der Waals surface area contributed by atoms with Gasteiger partial charge in [0.15, 0.2) is 0 Å². The number of hydrogen-bond donors (Lipinski definition) is 0. The molecule has 1 aliphatic heterocycles. The van der Waals surface area contributed by atoms with Crippen LogP contribution in [0.25, 0.3) is 0 Å². The molecule has 0 N–H and O–H groups in total. The molecule has 3 unspecified atom stereocenters. The molecule has 3 nitrogen and oxygen atoms in total. The summed E-state index contributed by atoms with van der Waals surface area (Å²) in [7, 11) is 2.10. The molecule has 1 aromatic rings. The highest BCUT2D eigenvalue weighted by molar-refractivity contribution is 8.00. The van der Waals surface area contributed by atoms with Crippen LogP contribution in [0.3, 0.4) is 0 Å². The van der Waals surface area contributed by atoms with Crippen molar-refractivity contribution in [1.29, 1.82) is 0 Å². The average molecular weight is 321 g/mol. The fraction of sp³-hybridized carbons (Fsp3) is 0.611. The molecule has 0 bridgehead atoms. The number of ether oxygens (including phenoxy) is 1. The molecule has 1 fully saturated rings. The summed E-state index contributed by atoms with van der Waals surface area (Å²) in [5.41, 5.74) is 1.28. The number of thioether (sulfide) groups is 1. The van der Waals surface area contributed by atoms with Gasteiger partial charge in [-0.2, -0.15) is 0 Å². The molecule has 0 radical (unpaired) electrons. The maximum Gasteiger partial charge on any atom is 0.303 e. The van der Waals surface area contributed by atoms with Gasteiger partial charge in [0, 0.05) is 18.7 Å². The van der Waals surface area contributed by atoms with Crippen LogP contribution in [0.15, 0.2) is 30.3 Å². The number of likely N-dealkylation sites (tertiary alicyclic amines) is 1. The van der Waals surface area contributed by atoms with Crippen molar-refractivity contribution in [3.8, 4) is 0 Å². The van der Waals surface area contributed by atoms with E-state index in [0.29, 0.717) is 5.25 Å². The Hall–Kier alpha value is -1.00. The molecule has 0 amide bonds. The maximum absolute atomic E-state index is 11.6. The topological polar surface area (TPSA) is 29.5 Å². The number of likely N-dealkylation sites (N-methyl/N-ethyl adjacent to an activating group) is 1. The molecule has 0 spiro atoms. The molecule has 1 aliphatic rings. The van der Waals surface area contributed by atoms with Gasteiger partial charge < -0.3 is 9.64 Å². The third-order valence-electron chi connectivity index (χ3n) is 4.42. The minimum absolute atomic E-state index is 0.106. The second kappa shape index (κ2) is 7.51. The molecule has 0 saturated carbocycles. The second-order valence-electron chi connectivity index (χ2n) is 6.20. The molecule has 1 saturated heterocycles. The molecule has 0 aliphatic carbocycles. The van der Waals surface area contributed by atoms with Gasteiger partial charge in [-0.1, -0.05) is 44.2 Å². The molecular formula is C18H27NO2S. The Morgan fingerprint density at radius 2 is 2.14 bits per heavy atom. The monoisotopic (exact) mass is 321 g/mol. The highest BCUT2D eigenvalue weighted by atomic mass is 32.2. The molecule has 1 heterocycles. The Balaban J connectivity index is 2.42. The van der Waals surface area contributed by atoms with E-state index in [1.165, 1.54) is 12.5 Å². The number of hydrogen-bond acceptors (Lipinski definition) is 4. The summed E-state index contributed by atoms with van der Waals surface area (Å²) in [5.74, 6) is -0.189. The van der Waals surface area contributed by atoms with E-state index in [1.807, 2.05) is 17.8 Å². The highest BCUT2D eigenvalue weighted by Crippen LogP contribution is 2.48. The lowest BCUT2D eigenvalue weighted by atomic mass is 9.86. The largest absolute Gasteiger partial charge is 0.459 e. The molecule has 1 aromatic carbocycles. The Bertz CT molecular complexity index is 493. The van der Waals surface area contributed by atoms with Crippen molar-refractivity contribution in [3.05, 3.63) is 35.9 Å². The number of carbonyl (C=O) groups excluding carboxylic acids is 1. The van der Waals surface area contributed by atoms with Gasteiger partial charge >= 0.3 is 5.97 Å². The number of carbonyl (C=O) groups is 1. The van der Waals surface area contributed by atoms with Crippen LogP contribution in [0.5, 0.6) is 0 Å². The highest BCUT2D eigenvalue weighted by Gasteiger charge is 2.47. The third-order valence-corrected chi connectivity index (χ3v) is 6.28. The van der Waals surface area contributed by atoms with E-state index in [-0.39, 0.29) is 16.8 Å². The zero-order valence-corrected chi connectivity index (χ0v) is 14.9. The molecule has 22 heavy (non-hydrogen) atoms. The van der Waals surface area contributed by atoms with Crippen molar-refractivity contribution >= 4 is 17.7 Å². The molecule has 122 valence electrons. The summed E-state index contributed by atoms with van der Waals surface area (Å²) < 4.78 is 5.63. The fourth-order valence-electron chi connectivity index (χ4n) is 3.07. The SMILES string of the molecule is CCC(C)SC1(c2ccccc2)CCN(C)CC1OC(C)=O. The zero-order valence-electron chi connectivity index (χ0n) is 14.0. The lowest BCUT2D eigenvalue weighted by molar-refractivity contribution is -0.150. The van der Waals surface area contributed by atoms with Crippen molar-refractivity contribution in [1.82, 2.24) is 4.90 Å². The first kappa shape index (κ1) is 17.4. The minimum Gasteiger partial charge on any atom is -0.459 e. The van der Waals surface area contributed by atoms with Gasteiger partial charge in [0.25, 0.3) is 0 Å². The average Bonchev–Trinajstić information content (AvgIpc) is 2.50. The van der Waals surface area contributed by atoms with Crippen molar-refractivity contribution in [3.63, 3.8) is 0 Å². The normalized spacial score (nSPS) is 27.4. The lowest BCUT2D eigenvalue weighted by Crippen LogP contribution is -2.53. The molecule has 3 atom stereocenters. The van der Waals surface area contributed by atoms with Crippen molar-refractivity contribution in [2.75, 3.05) is 20.1 Å². The molecule has 4 heteroatoms. The molecular weight excluding hydrogens is 294 g/mol. The maximum atomic E-state index is 11.6. The van der Waals surface area contributed by atoms with E-state index >= 15 is 0 Å². The van der Waals surface area contributed by atoms with Gasteiger partial charge in [0.1, 0.15) is 6.10 Å². The van der Waals surface area contributed by atoms with Crippen molar-refractivity contribution < 1.29 is 9.53 Å². The third kappa shape index (κ3) is 3.85. The summed E-state index contributed by atoms with van der Waals surface area (Å²) in [6.07, 6.45) is 2.01. The van der Waals surface area contributed by atoms with Crippen LogP contribution in [0.1, 0.15) is 39.2 Å². The van der Waals surface area contributed by atoms with Crippen LogP contribution in [0.4, 0.5) is 0 Å².